The molecule has 0 aliphatic carbocycles. The first-order valence-electron chi connectivity index (χ1n) is 7.93. The summed E-state index contributed by atoms with van der Waals surface area (Å²) >= 11 is -2.36. The summed E-state index contributed by atoms with van der Waals surface area (Å²) in [5, 5.41) is 1.27. The van der Waals surface area contributed by atoms with Gasteiger partial charge in [0.2, 0.25) is 0 Å². The molecule has 0 aliphatic rings. The van der Waals surface area contributed by atoms with E-state index in [1.165, 1.54) is 11.6 Å². The monoisotopic (exact) mass is 349 g/mol. The molecule has 110 valence electrons. The Morgan fingerprint density at radius 2 is 0.864 bits per heavy atom. The van der Waals surface area contributed by atoms with Gasteiger partial charge in [-0.2, -0.15) is 0 Å². The van der Waals surface area contributed by atoms with Crippen molar-refractivity contribution in [3.8, 4) is 0 Å². The molecule has 0 amide bonds. The fraction of sp³-hybridized carbons (Fsp3) is 0.143. The van der Waals surface area contributed by atoms with Gasteiger partial charge < -0.3 is 0 Å². The average molecular weight is 349 g/mol. The Bertz CT molecular complexity index is 593. The molecule has 3 aromatic rings. The van der Waals surface area contributed by atoms with Crippen molar-refractivity contribution < 1.29 is 0 Å². The van der Waals surface area contributed by atoms with Crippen LogP contribution in [0, 0.1) is 0 Å². The molecule has 0 heterocycles. The van der Waals surface area contributed by atoms with Gasteiger partial charge in [0.15, 0.2) is 0 Å². The predicted octanol–water partition coefficient (Wildman–Crippen LogP) is 3.57. The third-order valence-corrected chi connectivity index (χ3v) is 13.9. The summed E-state index contributed by atoms with van der Waals surface area (Å²) in [6.07, 6.45) is 1.21. The van der Waals surface area contributed by atoms with Crippen LogP contribution in [-0.2, 0) is 0 Å². The van der Waals surface area contributed by atoms with Gasteiger partial charge in [0.1, 0.15) is 0 Å². The van der Waals surface area contributed by atoms with Crippen LogP contribution in [0.1, 0.15) is 13.3 Å². The van der Waals surface area contributed by atoms with Crippen LogP contribution in [0.4, 0.5) is 0 Å². The number of rotatable bonds is 5. The van der Waals surface area contributed by atoms with Crippen LogP contribution in [0.25, 0.3) is 0 Å². The van der Waals surface area contributed by atoms with Crippen molar-refractivity contribution in [3.63, 3.8) is 0 Å². The van der Waals surface area contributed by atoms with Gasteiger partial charge in [0.25, 0.3) is 0 Å². The van der Waals surface area contributed by atoms with E-state index in [-0.39, 0.29) is 0 Å². The normalized spacial score (nSPS) is 11.3. The van der Waals surface area contributed by atoms with E-state index in [2.05, 4.69) is 97.9 Å². The number of hydrogen-bond donors (Lipinski definition) is 0. The number of hydrogen-bond acceptors (Lipinski definition) is 0. The van der Waals surface area contributed by atoms with E-state index in [4.69, 9.17) is 0 Å². The molecule has 1 heteroatoms. The molecule has 0 saturated carbocycles. The molecule has 0 saturated heterocycles. The molecule has 0 N–H and O–H groups in total. The van der Waals surface area contributed by atoms with Crippen molar-refractivity contribution in [2.45, 2.75) is 18.6 Å². The van der Waals surface area contributed by atoms with Gasteiger partial charge in [0.05, 0.1) is 0 Å². The van der Waals surface area contributed by atoms with Crippen molar-refractivity contribution in [1.29, 1.82) is 0 Å². The first-order valence-corrected chi connectivity index (χ1v) is 12.1. The fourth-order valence-corrected chi connectivity index (χ4v) is 12.4. The molecular formula is C21H22As+. The van der Waals surface area contributed by atoms with Crippen molar-refractivity contribution in [1.82, 2.24) is 0 Å². The molecule has 0 unspecified atom stereocenters. The molecule has 3 aromatic carbocycles. The molecule has 0 nitrogen and oxygen atoms in total. The third-order valence-electron chi connectivity index (χ3n) is 4.15. The van der Waals surface area contributed by atoms with Gasteiger partial charge in [-0.05, 0) is 0 Å². The molecule has 0 bridgehead atoms. The van der Waals surface area contributed by atoms with E-state index in [0.717, 1.165) is 0 Å². The maximum absolute atomic E-state index is 2.36. The van der Waals surface area contributed by atoms with Gasteiger partial charge in [-0.25, -0.2) is 0 Å². The molecule has 0 aliphatic heterocycles. The van der Waals surface area contributed by atoms with Crippen molar-refractivity contribution in [2.24, 2.45) is 0 Å². The first kappa shape index (κ1) is 15.1. The van der Waals surface area contributed by atoms with Crippen molar-refractivity contribution in [2.75, 3.05) is 0 Å². The molecule has 3 rings (SSSR count). The minimum absolute atomic E-state index is 1.21. The second-order valence-corrected chi connectivity index (χ2v) is 13.1. The Morgan fingerprint density at radius 3 is 1.14 bits per heavy atom. The zero-order valence-corrected chi connectivity index (χ0v) is 14.9. The number of benzene rings is 3. The molecular weight excluding hydrogens is 327 g/mol. The maximum atomic E-state index is 2.34. The summed E-state index contributed by atoms with van der Waals surface area (Å²) in [5.41, 5.74) is 0. The van der Waals surface area contributed by atoms with Crippen molar-refractivity contribution >= 4 is 26.6 Å². The summed E-state index contributed by atoms with van der Waals surface area (Å²) in [5.74, 6) is 0. The predicted molar refractivity (Wildman–Crippen MR) is 99.1 cm³/mol. The first-order chi connectivity index (χ1) is 10.9. The Morgan fingerprint density at radius 1 is 0.545 bits per heavy atom. The van der Waals surface area contributed by atoms with E-state index < -0.39 is 13.6 Å². The summed E-state index contributed by atoms with van der Waals surface area (Å²) in [4.78, 5) is 0. The summed E-state index contributed by atoms with van der Waals surface area (Å²) in [6.45, 7) is 2.31. The second kappa shape index (κ2) is 6.99. The van der Waals surface area contributed by atoms with Crippen LogP contribution in [0.15, 0.2) is 91.0 Å². The van der Waals surface area contributed by atoms with E-state index in [9.17, 15) is 0 Å². The summed E-state index contributed by atoms with van der Waals surface area (Å²) in [7, 11) is 0. The minimum atomic E-state index is -2.36. The Hall–Kier alpha value is -1.78. The van der Waals surface area contributed by atoms with Crippen LogP contribution in [0.5, 0.6) is 0 Å². The molecule has 0 atom stereocenters. The van der Waals surface area contributed by atoms with Crippen LogP contribution in [0.2, 0.25) is 5.21 Å². The van der Waals surface area contributed by atoms with Crippen LogP contribution >= 0.6 is 0 Å². The zero-order chi connectivity index (χ0) is 15.3. The van der Waals surface area contributed by atoms with Gasteiger partial charge in [-0.3, -0.25) is 0 Å². The zero-order valence-electron chi connectivity index (χ0n) is 13.0. The van der Waals surface area contributed by atoms with Crippen LogP contribution < -0.4 is 13.1 Å². The van der Waals surface area contributed by atoms with Gasteiger partial charge >= 0.3 is 136 Å². The fourth-order valence-electron chi connectivity index (χ4n) is 3.22. The van der Waals surface area contributed by atoms with Crippen molar-refractivity contribution in [3.05, 3.63) is 91.0 Å². The van der Waals surface area contributed by atoms with E-state index in [0.29, 0.717) is 0 Å². The summed E-state index contributed by atoms with van der Waals surface area (Å²) in [6, 6.07) is 33.5. The molecule has 0 aromatic heterocycles. The molecule has 22 heavy (non-hydrogen) atoms. The molecule has 0 spiro atoms. The quantitative estimate of drug-likeness (QED) is 0.618. The van der Waals surface area contributed by atoms with E-state index >= 15 is 0 Å². The standard InChI is InChI=1S/C21H22As/c1-2-18-22(19-12-6-3-7-13-19,20-14-8-4-9-15-20)21-16-10-5-11-17-21/h3-17H,2,18H2,1H3/q+1. The Labute approximate surface area is 136 Å². The topological polar surface area (TPSA) is 0 Å². The molecule has 0 radical (unpaired) electrons. The van der Waals surface area contributed by atoms with Gasteiger partial charge in [0, 0.05) is 0 Å². The van der Waals surface area contributed by atoms with Crippen LogP contribution in [0.3, 0.4) is 0 Å². The SMILES string of the molecule is CCC[As+](c1ccccc1)(c1ccccc1)c1ccccc1. The molecule has 0 fully saturated rings. The third kappa shape index (κ3) is 2.76. The van der Waals surface area contributed by atoms with Crippen LogP contribution in [-0.4, -0.2) is 13.6 Å². The van der Waals surface area contributed by atoms with E-state index in [1.54, 1.807) is 13.1 Å². The van der Waals surface area contributed by atoms with E-state index in [1.807, 2.05) is 0 Å². The average Bonchev–Trinajstić information content (AvgIpc) is 2.62. The Balaban J connectivity index is 2.29. The van der Waals surface area contributed by atoms with Gasteiger partial charge in [-0.15, -0.1) is 0 Å². The summed E-state index contributed by atoms with van der Waals surface area (Å²) < 4.78 is 4.62. The Kier molecular flexibility index (Phi) is 4.80. The van der Waals surface area contributed by atoms with Gasteiger partial charge in [-0.1, -0.05) is 0 Å². The second-order valence-electron chi connectivity index (χ2n) is 5.54.